The molecule has 0 spiro atoms. The van der Waals surface area contributed by atoms with Crippen LogP contribution in [0.1, 0.15) is 38.8 Å². The lowest BCUT2D eigenvalue weighted by molar-refractivity contribution is 0.286. The van der Waals surface area contributed by atoms with Gasteiger partial charge in [-0.2, -0.15) is 0 Å². The van der Waals surface area contributed by atoms with Crippen LogP contribution >= 0.6 is 0 Å². The average Bonchev–Trinajstić information content (AvgIpc) is 2.15. The number of rotatable bonds is 4. The number of hydrogen-bond acceptors (Lipinski definition) is 0. The van der Waals surface area contributed by atoms with E-state index in [2.05, 4.69) is 58.9 Å². The van der Waals surface area contributed by atoms with E-state index in [1.54, 1.807) is 0 Å². The van der Waals surface area contributed by atoms with Gasteiger partial charge in [0, 0.05) is 0 Å². The Morgan fingerprint density at radius 3 is 1.73 bits per heavy atom. The topological polar surface area (TPSA) is 0 Å². The van der Waals surface area contributed by atoms with Crippen LogP contribution in [0.25, 0.3) is 0 Å². The molecule has 0 heterocycles. The summed E-state index contributed by atoms with van der Waals surface area (Å²) in [4.78, 5) is 0. The molecule has 0 amide bonds. The Morgan fingerprint density at radius 2 is 1.33 bits per heavy atom. The lowest BCUT2D eigenvalue weighted by Gasteiger charge is -2.24. The zero-order valence-electron chi connectivity index (χ0n) is 10.7. The average molecular weight is 204 g/mol. The van der Waals surface area contributed by atoms with E-state index in [1.165, 1.54) is 17.5 Å². The van der Waals surface area contributed by atoms with Gasteiger partial charge in [-0.05, 0) is 36.7 Å². The second kappa shape index (κ2) is 5.34. The molecule has 0 radical (unpaired) electrons. The van der Waals surface area contributed by atoms with Crippen LogP contribution in [0.2, 0.25) is 0 Å². The fraction of sp³-hybridized carbons (Fsp3) is 0.600. The van der Waals surface area contributed by atoms with Crippen molar-refractivity contribution < 1.29 is 0 Å². The van der Waals surface area contributed by atoms with Gasteiger partial charge in [-0.1, -0.05) is 57.5 Å². The molecule has 0 saturated heterocycles. The first kappa shape index (κ1) is 12.3. The van der Waals surface area contributed by atoms with Gasteiger partial charge in [-0.25, -0.2) is 0 Å². The van der Waals surface area contributed by atoms with Gasteiger partial charge in [0.1, 0.15) is 0 Å². The Kier molecular flexibility index (Phi) is 4.38. The van der Waals surface area contributed by atoms with Gasteiger partial charge in [0.2, 0.25) is 0 Å². The Bertz CT molecular complexity index is 271. The molecule has 1 aromatic rings. The molecule has 0 aromatic heterocycles. The van der Waals surface area contributed by atoms with Gasteiger partial charge in [-0.3, -0.25) is 0 Å². The molecule has 0 aliphatic rings. The minimum absolute atomic E-state index is 0.770. The maximum absolute atomic E-state index is 2.33. The molecule has 84 valence electrons. The zero-order valence-corrected chi connectivity index (χ0v) is 10.7. The summed E-state index contributed by atoms with van der Waals surface area (Å²) >= 11 is 0. The Labute approximate surface area is 94.7 Å². The van der Waals surface area contributed by atoms with E-state index in [9.17, 15) is 0 Å². The lowest BCUT2D eigenvalue weighted by atomic mass is 9.81. The quantitative estimate of drug-likeness (QED) is 0.679. The fourth-order valence-electron chi connectivity index (χ4n) is 2.24. The highest BCUT2D eigenvalue weighted by Gasteiger charge is 2.17. The first-order chi connectivity index (χ1) is 7.00. The highest BCUT2D eigenvalue weighted by Crippen LogP contribution is 2.24. The SMILES string of the molecule is Cc1ccc(CC(C(C)C)C(C)C)cc1. The zero-order chi connectivity index (χ0) is 11.4. The van der Waals surface area contributed by atoms with Crippen LogP contribution in [0, 0.1) is 24.7 Å². The Morgan fingerprint density at radius 1 is 0.867 bits per heavy atom. The molecular weight excluding hydrogens is 180 g/mol. The fourth-order valence-corrected chi connectivity index (χ4v) is 2.24. The summed E-state index contributed by atoms with van der Waals surface area (Å²) < 4.78 is 0. The molecule has 0 saturated carbocycles. The molecule has 15 heavy (non-hydrogen) atoms. The molecule has 0 aliphatic heterocycles. The van der Waals surface area contributed by atoms with E-state index in [1.807, 2.05) is 0 Å². The van der Waals surface area contributed by atoms with Crippen molar-refractivity contribution in [3.05, 3.63) is 35.4 Å². The number of hydrogen-bond donors (Lipinski definition) is 0. The molecule has 0 atom stereocenters. The number of benzene rings is 1. The first-order valence-electron chi connectivity index (χ1n) is 6.06. The molecule has 0 bridgehead atoms. The third-order valence-electron chi connectivity index (χ3n) is 3.30. The van der Waals surface area contributed by atoms with Crippen molar-refractivity contribution in [3.8, 4) is 0 Å². The van der Waals surface area contributed by atoms with E-state index in [4.69, 9.17) is 0 Å². The predicted octanol–water partition coefficient (Wildman–Crippen LogP) is 4.47. The highest BCUT2D eigenvalue weighted by molar-refractivity contribution is 5.21. The largest absolute Gasteiger partial charge is 0.0625 e. The maximum Gasteiger partial charge on any atom is -0.0245 e. The van der Waals surface area contributed by atoms with Crippen LogP contribution in [0.15, 0.2) is 24.3 Å². The van der Waals surface area contributed by atoms with Gasteiger partial charge in [-0.15, -0.1) is 0 Å². The van der Waals surface area contributed by atoms with E-state index in [0.717, 1.165) is 17.8 Å². The minimum Gasteiger partial charge on any atom is -0.0625 e. The third-order valence-corrected chi connectivity index (χ3v) is 3.30. The van der Waals surface area contributed by atoms with Crippen molar-refractivity contribution in [1.29, 1.82) is 0 Å². The molecule has 1 aromatic carbocycles. The van der Waals surface area contributed by atoms with Crippen molar-refractivity contribution in [2.24, 2.45) is 17.8 Å². The molecular formula is C15H24. The third kappa shape index (κ3) is 3.70. The molecule has 0 N–H and O–H groups in total. The normalized spacial score (nSPS) is 11.7. The van der Waals surface area contributed by atoms with Crippen LogP contribution in [0.5, 0.6) is 0 Å². The molecule has 0 fully saturated rings. The van der Waals surface area contributed by atoms with Crippen molar-refractivity contribution in [3.63, 3.8) is 0 Å². The van der Waals surface area contributed by atoms with Crippen molar-refractivity contribution in [2.45, 2.75) is 41.0 Å². The van der Waals surface area contributed by atoms with Gasteiger partial charge >= 0.3 is 0 Å². The second-order valence-corrected chi connectivity index (χ2v) is 5.34. The smallest absolute Gasteiger partial charge is 0.0245 e. The van der Waals surface area contributed by atoms with Crippen molar-refractivity contribution in [2.75, 3.05) is 0 Å². The predicted molar refractivity (Wildman–Crippen MR) is 68.0 cm³/mol. The van der Waals surface area contributed by atoms with Crippen molar-refractivity contribution >= 4 is 0 Å². The molecule has 0 nitrogen and oxygen atoms in total. The summed E-state index contributed by atoms with van der Waals surface area (Å²) in [5.41, 5.74) is 2.83. The van der Waals surface area contributed by atoms with Gasteiger partial charge in [0.15, 0.2) is 0 Å². The first-order valence-corrected chi connectivity index (χ1v) is 6.06. The summed E-state index contributed by atoms with van der Waals surface area (Å²) in [6.45, 7) is 11.5. The van der Waals surface area contributed by atoms with E-state index in [-0.39, 0.29) is 0 Å². The van der Waals surface area contributed by atoms with Crippen molar-refractivity contribution in [1.82, 2.24) is 0 Å². The molecule has 0 aliphatic carbocycles. The molecule has 1 rings (SSSR count). The second-order valence-electron chi connectivity index (χ2n) is 5.34. The summed E-state index contributed by atoms with van der Waals surface area (Å²) in [5.74, 6) is 2.34. The van der Waals surface area contributed by atoms with Crippen LogP contribution in [-0.2, 0) is 6.42 Å². The van der Waals surface area contributed by atoms with E-state index >= 15 is 0 Å². The number of aryl methyl sites for hydroxylation is 1. The monoisotopic (exact) mass is 204 g/mol. The van der Waals surface area contributed by atoms with E-state index in [0.29, 0.717) is 0 Å². The maximum atomic E-state index is 2.33. The van der Waals surface area contributed by atoms with E-state index < -0.39 is 0 Å². The summed E-state index contributed by atoms with van der Waals surface area (Å²) in [5, 5.41) is 0. The summed E-state index contributed by atoms with van der Waals surface area (Å²) in [7, 11) is 0. The summed E-state index contributed by atoms with van der Waals surface area (Å²) in [6.07, 6.45) is 1.22. The molecule has 0 heteroatoms. The highest BCUT2D eigenvalue weighted by atomic mass is 14.2. The van der Waals surface area contributed by atoms with Crippen LogP contribution in [-0.4, -0.2) is 0 Å². The van der Waals surface area contributed by atoms with Gasteiger partial charge in [0.05, 0.1) is 0 Å². The Balaban J connectivity index is 2.70. The van der Waals surface area contributed by atoms with Crippen LogP contribution in [0.3, 0.4) is 0 Å². The lowest BCUT2D eigenvalue weighted by Crippen LogP contribution is -2.18. The molecule has 0 unspecified atom stereocenters. The Hall–Kier alpha value is -0.780. The summed E-state index contributed by atoms with van der Waals surface area (Å²) in [6, 6.07) is 8.97. The minimum atomic E-state index is 0.770. The van der Waals surface area contributed by atoms with Crippen LogP contribution in [0.4, 0.5) is 0 Å². The van der Waals surface area contributed by atoms with Crippen LogP contribution < -0.4 is 0 Å². The van der Waals surface area contributed by atoms with Gasteiger partial charge in [0.25, 0.3) is 0 Å². The van der Waals surface area contributed by atoms with Gasteiger partial charge < -0.3 is 0 Å². The standard InChI is InChI=1S/C15H24/c1-11(2)15(12(3)4)10-14-8-6-13(5)7-9-14/h6-9,11-12,15H,10H2,1-5H3.